The molecule has 2 rings (SSSR count). The predicted octanol–water partition coefficient (Wildman–Crippen LogP) is 6.11. The van der Waals surface area contributed by atoms with Crippen LogP contribution in [0.25, 0.3) is 0 Å². The van der Waals surface area contributed by atoms with E-state index in [2.05, 4.69) is 28.2 Å². The van der Waals surface area contributed by atoms with E-state index in [0.29, 0.717) is 15.1 Å². The van der Waals surface area contributed by atoms with Crippen molar-refractivity contribution < 1.29 is 0 Å². The maximum Gasteiger partial charge on any atom is 0.0595 e. The molecule has 106 valence electrons. The van der Waals surface area contributed by atoms with Gasteiger partial charge in [0.25, 0.3) is 0 Å². The molecule has 0 heterocycles. The van der Waals surface area contributed by atoms with Gasteiger partial charge in [-0.15, -0.1) is 0 Å². The second-order valence-electron chi connectivity index (χ2n) is 4.33. The molecule has 0 aromatic heterocycles. The van der Waals surface area contributed by atoms with Crippen molar-refractivity contribution in [3.63, 3.8) is 0 Å². The first kappa shape index (κ1) is 16.1. The van der Waals surface area contributed by atoms with Crippen molar-refractivity contribution in [2.75, 3.05) is 6.54 Å². The standard InChI is InChI=1S/C15H13BrCl3N/c1-2-20-15(9-3-6-12(17)14(19)7-9)11-5-4-10(16)8-13(11)18/h3-8,15,20H,2H2,1H3. The summed E-state index contributed by atoms with van der Waals surface area (Å²) < 4.78 is 0.954. The Labute approximate surface area is 142 Å². The molecule has 0 bridgehead atoms. The predicted molar refractivity (Wildman–Crippen MR) is 91.1 cm³/mol. The van der Waals surface area contributed by atoms with Crippen molar-refractivity contribution in [1.29, 1.82) is 0 Å². The average Bonchev–Trinajstić information content (AvgIpc) is 2.40. The van der Waals surface area contributed by atoms with Gasteiger partial charge in [0.1, 0.15) is 0 Å². The number of halogens is 4. The molecule has 0 aliphatic rings. The molecule has 20 heavy (non-hydrogen) atoms. The van der Waals surface area contributed by atoms with Gasteiger partial charge in [0.2, 0.25) is 0 Å². The van der Waals surface area contributed by atoms with Crippen molar-refractivity contribution >= 4 is 50.7 Å². The zero-order valence-electron chi connectivity index (χ0n) is 10.8. The van der Waals surface area contributed by atoms with Crippen LogP contribution in [0.2, 0.25) is 15.1 Å². The number of rotatable bonds is 4. The molecule has 1 atom stereocenters. The molecule has 0 spiro atoms. The van der Waals surface area contributed by atoms with Crippen molar-refractivity contribution in [1.82, 2.24) is 5.32 Å². The Morgan fingerprint density at radius 1 is 1.00 bits per heavy atom. The van der Waals surface area contributed by atoms with E-state index in [1.54, 1.807) is 6.07 Å². The highest BCUT2D eigenvalue weighted by Crippen LogP contribution is 2.33. The number of nitrogens with one attached hydrogen (secondary N) is 1. The maximum atomic E-state index is 6.35. The monoisotopic (exact) mass is 391 g/mol. The van der Waals surface area contributed by atoms with E-state index in [1.165, 1.54) is 0 Å². The number of hydrogen-bond donors (Lipinski definition) is 1. The fourth-order valence-corrected chi connectivity index (χ4v) is 3.13. The summed E-state index contributed by atoms with van der Waals surface area (Å²) in [4.78, 5) is 0. The van der Waals surface area contributed by atoms with E-state index in [-0.39, 0.29) is 6.04 Å². The van der Waals surface area contributed by atoms with E-state index in [4.69, 9.17) is 34.8 Å². The van der Waals surface area contributed by atoms with Crippen molar-refractivity contribution in [2.45, 2.75) is 13.0 Å². The average molecular weight is 394 g/mol. The zero-order chi connectivity index (χ0) is 14.7. The molecule has 1 nitrogen and oxygen atoms in total. The molecular formula is C15H13BrCl3N. The second kappa shape index (κ2) is 7.15. The van der Waals surface area contributed by atoms with Gasteiger partial charge in [-0.2, -0.15) is 0 Å². The van der Waals surface area contributed by atoms with Gasteiger partial charge in [-0.1, -0.05) is 69.8 Å². The second-order valence-corrected chi connectivity index (χ2v) is 6.47. The van der Waals surface area contributed by atoms with Gasteiger partial charge in [0.05, 0.1) is 16.1 Å². The summed E-state index contributed by atoms with van der Waals surface area (Å²) >= 11 is 21.9. The largest absolute Gasteiger partial charge is 0.306 e. The van der Waals surface area contributed by atoms with E-state index >= 15 is 0 Å². The number of benzene rings is 2. The Morgan fingerprint density at radius 3 is 2.35 bits per heavy atom. The Hall–Kier alpha value is -0.250. The van der Waals surface area contributed by atoms with Crippen LogP contribution in [0.15, 0.2) is 40.9 Å². The molecule has 0 aliphatic heterocycles. The highest BCUT2D eigenvalue weighted by atomic mass is 79.9. The normalized spacial score (nSPS) is 12.4. The van der Waals surface area contributed by atoms with Crippen molar-refractivity contribution in [3.05, 3.63) is 67.1 Å². The smallest absolute Gasteiger partial charge is 0.0595 e. The Balaban J connectivity index is 2.47. The lowest BCUT2D eigenvalue weighted by atomic mass is 9.98. The van der Waals surface area contributed by atoms with Crippen LogP contribution in [0.1, 0.15) is 24.1 Å². The minimum Gasteiger partial charge on any atom is -0.306 e. The molecule has 0 saturated carbocycles. The minimum absolute atomic E-state index is 0.0182. The first-order valence-corrected chi connectivity index (χ1v) is 8.09. The molecule has 0 saturated heterocycles. The van der Waals surface area contributed by atoms with Gasteiger partial charge in [-0.3, -0.25) is 0 Å². The lowest BCUT2D eigenvalue weighted by molar-refractivity contribution is 0.631. The van der Waals surface area contributed by atoms with E-state index in [1.807, 2.05) is 30.3 Å². The van der Waals surface area contributed by atoms with Crippen LogP contribution in [0.5, 0.6) is 0 Å². The SMILES string of the molecule is CCNC(c1ccc(Cl)c(Cl)c1)c1ccc(Br)cc1Cl. The zero-order valence-corrected chi connectivity index (χ0v) is 14.6. The fraction of sp³-hybridized carbons (Fsp3) is 0.200. The third kappa shape index (κ3) is 3.69. The summed E-state index contributed by atoms with van der Waals surface area (Å²) in [7, 11) is 0. The molecule has 2 aromatic rings. The minimum atomic E-state index is -0.0182. The van der Waals surface area contributed by atoms with Gasteiger partial charge >= 0.3 is 0 Å². The van der Waals surface area contributed by atoms with E-state index in [9.17, 15) is 0 Å². The molecule has 0 amide bonds. The van der Waals surface area contributed by atoms with Gasteiger partial charge in [0.15, 0.2) is 0 Å². The highest BCUT2D eigenvalue weighted by molar-refractivity contribution is 9.10. The van der Waals surface area contributed by atoms with Gasteiger partial charge < -0.3 is 5.32 Å². The summed E-state index contributed by atoms with van der Waals surface area (Å²) in [5.41, 5.74) is 2.04. The first-order chi connectivity index (χ1) is 9.52. The van der Waals surface area contributed by atoms with Crippen molar-refractivity contribution in [3.8, 4) is 0 Å². The number of hydrogen-bond acceptors (Lipinski definition) is 1. The summed E-state index contributed by atoms with van der Waals surface area (Å²) in [6.07, 6.45) is 0. The van der Waals surface area contributed by atoms with Crippen LogP contribution < -0.4 is 5.32 Å². The molecule has 0 fully saturated rings. The highest BCUT2D eigenvalue weighted by Gasteiger charge is 2.17. The molecule has 1 unspecified atom stereocenters. The Bertz CT molecular complexity index is 616. The maximum absolute atomic E-state index is 6.35. The van der Waals surface area contributed by atoms with Crippen LogP contribution in [-0.2, 0) is 0 Å². The third-order valence-corrected chi connectivity index (χ3v) is 4.52. The quantitative estimate of drug-likeness (QED) is 0.661. The summed E-state index contributed by atoms with van der Waals surface area (Å²) in [5.74, 6) is 0. The van der Waals surface area contributed by atoms with Crippen LogP contribution in [-0.4, -0.2) is 6.54 Å². The molecule has 0 radical (unpaired) electrons. The van der Waals surface area contributed by atoms with Crippen molar-refractivity contribution in [2.24, 2.45) is 0 Å². The first-order valence-electron chi connectivity index (χ1n) is 6.16. The lowest BCUT2D eigenvalue weighted by Crippen LogP contribution is -2.22. The molecule has 1 N–H and O–H groups in total. The van der Waals surface area contributed by atoms with Gasteiger partial charge in [-0.05, 0) is 41.9 Å². The molecule has 0 aliphatic carbocycles. The topological polar surface area (TPSA) is 12.0 Å². The van der Waals surface area contributed by atoms with Gasteiger partial charge in [-0.25, -0.2) is 0 Å². The van der Waals surface area contributed by atoms with E-state index < -0.39 is 0 Å². The van der Waals surface area contributed by atoms with Crippen LogP contribution in [0, 0.1) is 0 Å². The lowest BCUT2D eigenvalue weighted by Gasteiger charge is -2.21. The Morgan fingerprint density at radius 2 is 1.75 bits per heavy atom. The van der Waals surface area contributed by atoms with Crippen LogP contribution in [0.4, 0.5) is 0 Å². The third-order valence-electron chi connectivity index (χ3n) is 2.96. The molecular weight excluding hydrogens is 380 g/mol. The molecule has 2 aromatic carbocycles. The summed E-state index contributed by atoms with van der Waals surface area (Å²) in [5, 5.41) is 5.22. The molecule has 5 heteroatoms. The van der Waals surface area contributed by atoms with Gasteiger partial charge in [0, 0.05) is 9.50 Å². The summed E-state index contributed by atoms with van der Waals surface area (Å²) in [6.45, 7) is 2.87. The van der Waals surface area contributed by atoms with Crippen LogP contribution in [0.3, 0.4) is 0 Å². The summed E-state index contributed by atoms with van der Waals surface area (Å²) in [6, 6.07) is 11.5. The van der Waals surface area contributed by atoms with Crippen LogP contribution >= 0.6 is 50.7 Å². The van der Waals surface area contributed by atoms with E-state index in [0.717, 1.165) is 22.1 Å². The Kier molecular flexibility index (Phi) is 5.76. The fourth-order valence-electron chi connectivity index (χ4n) is 2.04.